The molecule has 1 N–H and O–H groups in total. The third kappa shape index (κ3) is 4.18. The summed E-state index contributed by atoms with van der Waals surface area (Å²) in [6.45, 7) is 15.5. The Kier molecular flexibility index (Phi) is 6.64. The quantitative estimate of drug-likeness (QED) is 0.406. The molecular weight excluding hydrogens is 532 g/mol. The molecule has 0 aliphatic heterocycles. The standard InChI is InChI=1S/C38H48N2O3/c1-33(2)15-17-38(40-30(42)19-24-11-9-8-10-12-24)18-16-37(7)31(26(38)22-33)27(41)20-29-35(5)21-25(23-39)32(43)34(3,4)28(35)13-14-36(29,37)6/h8-12,20-21,26,28,31H,13-19,22H2,1-7H3,(H,40,42)/t26-,28-,31-,35-,36+,37+,38-/m0/s1. The van der Waals surface area contributed by atoms with E-state index in [0.717, 1.165) is 56.1 Å². The number of carbonyl (C=O) groups is 3. The van der Waals surface area contributed by atoms with Crippen LogP contribution < -0.4 is 5.32 Å². The fourth-order valence-electron chi connectivity index (χ4n) is 11.0. The van der Waals surface area contributed by atoms with E-state index in [-0.39, 0.29) is 57.0 Å². The SMILES string of the molecule is CC1(C)CC[C@]2(NC(=O)Cc3ccccc3)CC[C@]3(C)[C@H](C(=O)C=C4[C@@]5(C)C=C(C#N)C(=O)C(C)(C)[C@@H]5CC[C@]43C)[C@@H]2C1. The number of benzene rings is 1. The van der Waals surface area contributed by atoms with Crippen molar-refractivity contribution in [2.45, 2.75) is 105 Å². The molecule has 6 rings (SSSR count). The van der Waals surface area contributed by atoms with Crippen LogP contribution in [0, 0.1) is 56.2 Å². The summed E-state index contributed by atoms with van der Waals surface area (Å²) in [7, 11) is 0. The van der Waals surface area contributed by atoms with Gasteiger partial charge >= 0.3 is 0 Å². The molecule has 0 saturated heterocycles. The number of carbonyl (C=O) groups excluding carboxylic acids is 3. The summed E-state index contributed by atoms with van der Waals surface area (Å²) in [4.78, 5) is 41.6. The first-order valence-corrected chi connectivity index (χ1v) is 16.3. The van der Waals surface area contributed by atoms with E-state index in [2.05, 4.69) is 46.0 Å². The van der Waals surface area contributed by atoms with E-state index in [4.69, 9.17) is 0 Å². The Hall–Kier alpha value is -3.00. The number of nitriles is 1. The number of fused-ring (bicyclic) bond motifs is 7. The van der Waals surface area contributed by atoms with Crippen molar-refractivity contribution in [3.05, 3.63) is 59.2 Å². The lowest BCUT2D eigenvalue weighted by Gasteiger charge is -2.69. The van der Waals surface area contributed by atoms with Crippen molar-refractivity contribution in [3.8, 4) is 6.07 Å². The van der Waals surface area contributed by atoms with Gasteiger partial charge in [-0.05, 0) is 84.7 Å². The molecule has 43 heavy (non-hydrogen) atoms. The molecule has 5 aliphatic rings. The maximum atomic E-state index is 14.7. The van der Waals surface area contributed by atoms with Crippen molar-refractivity contribution in [2.75, 3.05) is 0 Å². The molecule has 0 heterocycles. The maximum absolute atomic E-state index is 14.7. The first kappa shape index (κ1) is 30.0. The number of Topliss-reactive ketones (excluding diaryl/α,β-unsaturated/α-hetero) is 1. The van der Waals surface area contributed by atoms with E-state index in [1.54, 1.807) is 0 Å². The van der Waals surface area contributed by atoms with Gasteiger partial charge in [0.05, 0.1) is 12.0 Å². The van der Waals surface area contributed by atoms with Gasteiger partial charge in [-0.3, -0.25) is 14.4 Å². The minimum atomic E-state index is -0.671. The van der Waals surface area contributed by atoms with Gasteiger partial charge in [0.15, 0.2) is 11.6 Å². The second kappa shape index (κ2) is 9.50. The lowest BCUT2D eigenvalue weighted by molar-refractivity contribution is -0.164. The van der Waals surface area contributed by atoms with E-state index in [0.29, 0.717) is 6.42 Å². The van der Waals surface area contributed by atoms with Gasteiger partial charge in [0.25, 0.3) is 0 Å². The van der Waals surface area contributed by atoms with Crippen molar-refractivity contribution in [1.29, 1.82) is 5.26 Å². The van der Waals surface area contributed by atoms with Crippen LogP contribution in [-0.2, 0) is 20.8 Å². The Balaban J connectivity index is 1.43. The zero-order chi connectivity index (χ0) is 31.2. The average Bonchev–Trinajstić information content (AvgIpc) is 2.93. The van der Waals surface area contributed by atoms with E-state index < -0.39 is 16.4 Å². The molecule has 0 aromatic heterocycles. The van der Waals surface area contributed by atoms with Gasteiger partial charge in [0, 0.05) is 22.3 Å². The second-order valence-electron chi connectivity index (χ2n) is 16.6. The molecule has 228 valence electrons. The van der Waals surface area contributed by atoms with Crippen molar-refractivity contribution in [2.24, 2.45) is 44.8 Å². The molecule has 3 saturated carbocycles. The van der Waals surface area contributed by atoms with Gasteiger partial charge in [-0.25, -0.2) is 0 Å². The molecule has 3 fully saturated rings. The molecule has 1 aromatic rings. The van der Waals surface area contributed by atoms with Gasteiger partial charge in [0.1, 0.15) is 6.07 Å². The van der Waals surface area contributed by atoms with Crippen LogP contribution in [0.25, 0.3) is 0 Å². The summed E-state index contributed by atoms with van der Waals surface area (Å²) in [6.07, 6.45) is 10.5. The van der Waals surface area contributed by atoms with Gasteiger partial charge in [0.2, 0.25) is 5.91 Å². The summed E-state index contributed by atoms with van der Waals surface area (Å²) in [5.74, 6) is 0.0295. The zero-order valence-electron chi connectivity index (χ0n) is 27.1. The molecule has 1 aromatic carbocycles. The summed E-state index contributed by atoms with van der Waals surface area (Å²) in [5.41, 5.74) is 0.282. The first-order valence-electron chi connectivity index (χ1n) is 16.3. The molecule has 5 heteroatoms. The topological polar surface area (TPSA) is 87.0 Å². The summed E-state index contributed by atoms with van der Waals surface area (Å²) in [6, 6.07) is 12.1. The van der Waals surface area contributed by atoms with Gasteiger partial charge < -0.3 is 5.32 Å². The number of ketones is 2. The highest BCUT2D eigenvalue weighted by Crippen LogP contribution is 2.73. The molecule has 1 amide bonds. The zero-order valence-corrected chi connectivity index (χ0v) is 27.1. The highest BCUT2D eigenvalue weighted by atomic mass is 16.2. The molecule has 0 bridgehead atoms. The number of amides is 1. The third-order valence-electron chi connectivity index (χ3n) is 13.5. The van der Waals surface area contributed by atoms with Crippen molar-refractivity contribution >= 4 is 17.5 Å². The van der Waals surface area contributed by atoms with E-state index >= 15 is 0 Å². The molecule has 0 spiro atoms. The van der Waals surface area contributed by atoms with E-state index in [9.17, 15) is 19.6 Å². The third-order valence-corrected chi connectivity index (χ3v) is 13.5. The number of rotatable bonds is 3. The Morgan fingerprint density at radius 1 is 0.953 bits per heavy atom. The fraction of sp³-hybridized carbons (Fsp3) is 0.632. The number of nitrogens with zero attached hydrogens (tertiary/aromatic N) is 1. The average molecular weight is 581 g/mol. The number of hydrogen-bond acceptors (Lipinski definition) is 4. The van der Waals surface area contributed by atoms with Crippen molar-refractivity contribution in [1.82, 2.24) is 5.32 Å². The molecule has 5 nitrogen and oxygen atoms in total. The number of allylic oxidation sites excluding steroid dienone is 4. The maximum Gasteiger partial charge on any atom is 0.224 e. The Morgan fingerprint density at radius 2 is 1.63 bits per heavy atom. The summed E-state index contributed by atoms with van der Waals surface area (Å²) < 4.78 is 0. The number of hydrogen-bond donors (Lipinski definition) is 1. The monoisotopic (exact) mass is 580 g/mol. The van der Waals surface area contributed by atoms with Crippen LogP contribution in [0.4, 0.5) is 0 Å². The Bertz CT molecular complexity index is 1490. The molecule has 0 radical (unpaired) electrons. The minimum absolute atomic E-state index is 0.0328. The predicted octanol–water partition coefficient (Wildman–Crippen LogP) is 7.32. The largest absolute Gasteiger partial charge is 0.350 e. The normalized spacial score (nSPS) is 40.8. The van der Waals surface area contributed by atoms with E-state index in [1.807, 2.05) is 56.3 Å². The lowest BCUT2D eigenvalue weighted by Crippen LogP contribution is -2.69. The van der Waals surface area contributed by atoms with Crippen LogP contribution >= 0.6 is 0 Å². The van der Waals surface area contributed by atoms with Crippen molar-refractivity contribution < 1.29 is 14.4 Å². The van der Waals surface area contributed by atoms with Crippen LogP contribution in [0.15, 0.2) is 53.6 Å². The van der Waals surface area contributed by atoms with Crippen LogP contribution in [0.1, 0.15) is 99.0 Å². The minimum Gasteiger partial charge on any atom is -0.350 e. The van der Waals surface area contributed by atoms with Crippen LogP contribution in [0.3, 0.4) is 0 Å². The molecule has 0 unspecified atom stereocenters. The second-order valence-corrected chi connectivity index (χ2v) is 16.6. The number of nitrogens with one attached hydrogen (secondary N) is 1. The van der Waals surface area contributed by atoms with Crippen LogP contribution in [0.5, 0.6) is 0 Å². The highest BCUT2D eigenvalue weighted by Gasteiger charge is 2.70. The molecular formula is C38H48N2O3. The predicted molar refractivity (Wildman–Crippen MR) is 167 cm³/mol. The first-order chi connectivity index (χ1) is 20.0. The fourth-order valence-corrected chi connectivity index (χ4v) is 11.0. The van der Waals surface area contributed by atoms with Gasteiger partial charge in [-0.15, -0.1) is 0 Å². The van der Waals surface area contributed by atoms with Gasteiger partial charge in [-0.2, -0.15) is 5.26 Å². The Labute approximate surface area is 257 Å². The van der Waals surface area contributed by atoms with Gasteiger partial charge in [-0.1, -0.05) is 90.4 Å². The lowest BCUT2D eigenvalue weighted by atomic mass is 9.35. The van der Waals surface area contributed by atoms with Crippen LogP contribution in [-0.4, -0.2) is 23.0 Å². The Morgan fingerprint density at radius 3 is 2.30 bits per heavy atom. The van der Waals surface area contributed by atoms with E-state index in [1.165, 1.54) is 0 Å². The smallest absolute Gasteiger partial charge is 0.224 e. The molecule has 5 aliphatic carbocycles. The summed E-state index contributed by atoms with van der Waals surface area (Å²) in [5, 5.41) is 13.5. The highest BCUT2D eigenvalue weighted by molar-refractivity contribution is 6.04. The van der Waals surface area contributed by atoms with Crippen LogP contribution in [0.2, 0.25) is 0 Å². The van der Waals surface area contributed by atoms with Crippen molar-refractivity contribution in [3.63, 3.8) is 0 Å². The molecule has 7 atom stereocenters. The summed E-state index contributed by atoms with van der Waals surface area (Å²) >= 11 is 0.